The van der Waals surface area contributed by atoms with Crippen LogP contribution in [0.2, 0.25) is 0 Å². The summed E-state index contributed by atoms with van der Waals surface area (Å²) in [5, 5.41) is 6.79. The zero-order valence-electron chi connectivity index (χ0n) is 10.5. The summed E-state index contributed by atoms with van der Waals surface area (Å²) in [4.78, 5) is 12.3. The molecular formula is C13H22N2O2. The van der Waals surface area contributed by atoms with Crippen molar-refractivity contribution in [2.45, 2.75) is 56.7 Å². The van der Waals surface area contributed by atoms with Crippen LogP contribution in [0.25, 0.3) is 0 Å². The van der Waals surface area contributed by atoms with E-state index in [4.69, 9.17) is 4.74 Å². The second-order valence-corrected chi connectivity index (χ2v) is 6.05. The third kappa shape index (κ3) is 2.20. The molecule has 1 amide bonds. The minimum atomic E-state index is -0.0445. The van der Waals surface area contributed by atoms with Crippen LogP contribution in [0, 0.1) is 5.92 Å². The van der Waals surface area contributed by atoms with Gasteiger partial charge in [0, 0.05) is 30.8 Å². The van der Waals surface area contributed by atoms with Crippen LogP contribution in [-0.2, 0) is 9.53 Å². The van der Waals surface area contributed by atoms with Crippen LogP contribution in [0.3, 0.4) is 0 Å². The number of ether oxygens (including phenoxy) is 1. The molecule has 3 aliphatic heterocycles. The number of rotatable bonds is 2. The maximum Gasteiger partial charge on any atom is 0.225 e. The zero-order chi connectivity index (χ0) is 11.9. The van der Waals surface area contributed by atoms with Crippen LogP contribution in [-0.4, -0.2) is 36.7 Å². The van der Waals surface area contributed by atoms with Crippen molar-refractivity contribution in [3.8, 4) is 0 Å². The van der Waals surface area contributed by atoms with Gasteiger partial charge in [-0.2, -0.15) is 0 Å². The molecule has 96 valence electrons. The summed E-state index contributed by atoms with van der Waals surface area (Å²) in [5.41, 5.74) is -0.0445. The molecule has 4 nitrogen and oxygen atoms in total. The SMILES string of the molecule is CC1(NC(=O)C2CC3CCC2N3)CCOCC1. The molecule has 3 rings (SSSR count). The molecule has 0 saturated carbocycles. The molecule has 0 aromatic carbocycles. The maximum absolute atomic E-state index is 12.3. The van der Waals surface area contributed by atoms with Gasteiger partial charge in [0.1, 0.15) is 0 Å². The van der Waals surface area contributed by atoms with Gasteiger partial charge in [0.25, 0.3) is 0 Å². The first-order valence-corrected chi connectivity index (χ1v) is 6.82. The predicted molar refractivity (Wildman–Crippen MR) is 64.7 cm³/mol. The molecule has 3 aliphatic rings. The minimum absolute atomic E-state index is 0.0445. The van der Waals surface area contributed by atoms with E-state index < -0.39 is 0 Å². The van der Waals surface area contributed by atoms with E-state index in [0.717, 1.165) is 32.5 Å². The third-order valence-corrected chi connectivity index (χ3v) is 4.66. The topological polar surface area (TPSA) is 50.4 Å². The van der Waals surface area contributed by atoms with Crippen LogP contribution in [0.1, 0.15) is 39.0 Å². The number of hydrogen-bond acceptors (Lipinski definition) is 3. The standard InChI is InChI=1S/C13H22N2O2/c1-13(4-6-17-7-5-13)15-12(16)10-8-9-2-3-11(10)14-9/h9-11,14H,2-8H2,1H3,(H,15,16). The van der Waals surface area contributed by atoms with Crippen molar-refractivity contribution in [2.75, 3.05) is 13.2 Å². The van der Waals surface area contributed by atoms with Gasteiger partial charge in [-0.3, -0.25) is 4.79 Å². The van der Waals surface area contributed by atoms with E-state index in [-0.39, 0.29) is 17.4 Å². The van der Waals surface area contributed by atoms with Crippen molar-refractivity contribution in [1.29, 1.82) is 0 Å². The molecular weight excluding hydrogens is 216 g/mol. The highest BCUT2D eigenvalue weighted by Gasteiger charge is 2.44. The maximum atomic E-state index is 12.3. The highest BCUT2D eigenvalue weighted by atomic mass is 16.5. The Morgan fingerprint density at radius 2 is 2.12 bits per heavy atom. The number of hydrogen-bond donors (Lipinski definition) is 2. The molecule has 3 saturated heterocycles. The van der Waals surface area contributed by atoms with Gasteiger partial charge in [-0.05, 0) is 39.0 Å². The summed E-state index contributed by atoms with van der Waals surface area (Å²) >= 11 is 0. The second-order valence-electron chi connectivity index (χ2n) is 6.05. The number of carbonyl (C=O) groups excluding carboxylic acids is 1. The quantitative estimate of drug-likeness (QED) is 0.748. The third-order valence-electron chi connectivity index (χ3n) is 4.66. The highest BCUT2D eigenvalue weighted by molar-refractivity contribution is 5.80. The largest absolute Gasteiger partial charge is 0.381 e. The lowest BCUT2D eigenvalue weighted by Crippen LogP contribution is -2.52. The molecule has 4 heteroatoms. The van der Waals surface area contributed by atoms with Crippen molar-refractivity contribution in [3.05, 3.63) is 0 Å². The van der Waals surface area contributed by atoms with Crippen LogP contribution >= 0.6 is 0 Å². The van der Waals surface area contributed by atoms with E-state index in [9.17, 15) is 4.79 Å². The van der Waals surface area contributed by atoms with E-state index in [1.165, 1.54) is 12.8 Å². The zero-order valence-corrected chi connectivity index (χ0v) is 10.5. The molecule has 0 spiro atoms. The number of carbonyl (C=O) groups is 1. The molecule has 17 heavy (non-hydrogen) atoms. The highest BCUT2D eigenvalue weighted by Crippen LogP contribution is 2.34. The first-order valence-electron chi connectivity index (χ1n) is 6.82. The number of fused-ring (bicyclic) bond motifs is 2. The summed E-state index contributed by atoms with van der Waals surface area (Å²) < 4.78 is 5.36. The van der Waals surface area contributed by atoms with Gasteiger partial charge in [0.05, 0.1) is 5.92 Å². The smallest absolute Gasteiger partial charge is 0.225 e. The fourth-order valence-corrected chi connectivity index (χ4v) is 3.45. The number of amides is 1. The van der Waals surface area contributed by atoms with Crippen LogP contribution < -0.4 is 10.6 Å². The van der Waals surface area contributed by atoms with E-state index in [0.29, 0.717) is 12.1 Å². The Balaban J connectivity index is 1.59. The Bertz CT molecular complexity index is 313. The van der Waals surface area contributed by atoms with Gasteiger partial charge >= 0.3 is 0 Å². The average molecular weight is 238 g/mol. The first-order chi connectivity index (χ1) is 8.16. The van der Waals surface area contributed by atoms with E-state index in [1.54, 1.807) is 0 Å². The molecule has 2 bridgehead atoms. The van der Waals surface area contributed by atoms with Gasteiger partial charge in [-0.1, -0.05) is 0 Å². The lowest BCUT2D eigenvalue weighted by atomic mass is 9.86. The fourth-order valence-electron chi connectivity index (χ4n) is 3.45. The van der Waals surface area contributed by atoms with Crippen molar-refractivity contribution < 1.29 is 9.53 Å². The monoisotopic (exact) mass is 238 g/mol. The Morgan fingerprint density at radius 1 is 1.35 bits per heavy atom. The second kappa shape index (κ2) is 4.25. The summed E-state index contributed by atoms with van der Waals surface area (Å²) in [6.07, 6.45) is 5.32. The summed E-state index contributed by atoms with van der Waals surface area (Å²) in [5.74, 6) is 0.461. The van der Waals surface area contributed by atoms with Crippen LogP contribution in [0.5, 0.6) is 0 Å². The lowest BCUT2D eigenvalue weighted by Gasteiger charge is -2.36. The Labute approximate surface area is 102 Å². The van der Waals surface area contributed by atoms with E-state index in [1.807, 2.05) is 0 Å². The predicted octanol–water partition coefficient (Wildman–Crippen LogP) is 0.812. The fraction of sp³-hybridized carbons (Fsp3) is 0.923. The molecule has 3 unspecified atom stereocenters. The molecule has 0 radical (unpaired) electrons. The van der Waals surface area contributed by atoms with Gasteiger partial charge < -0.3 is 15.4 Å². The summed E-state index contributed by atoms with van der Waals surface area (Å²) in [6, 6.07) is 1.03. The van der Waals surface area contributed by atoms with Gasteiger partial charge in [0.2, 0.25) is 5.91 Å². The molecule has 0 aromatic rings. The van der Waals surface area contributed by atoms with Crippen molar-refractivity contribution in [1.82, 2.24) is 10.6 Å². The van der Waals surface area contributed by atoms with E-state index in [2.05, 4.69) is 17.6 Å². The first kappa shape index (κ1) is 11.5. The van der Waals surface area contributed by atoms with Crippen molar-refractivity contribution >= 4 is 5.91 Å². The Hall–Kier alpha value is -0.610. The normalized spacial score (nSPS) is 39.2. The molecule has 0 aliphatic carbocycles. The Kier molecular flexibility index (Phi) is 2.87. The van der Waals surface area contributed by atoms with Crippen LogP contribution in [0.4, 0.5) is 0 Å². The van der Waals surface area contributed by atoms with E-state index >= 15 is 0 Å². The van der Waals surface area contributed by atoms with Gasteiger partial charge in [0.15, 0.2) is 0 Å². The average Bonchev–Trinajstić information content (AvgIpc) is 2.91. The molecule has 2 N–H and O–H groups in total. The summed E-state index contributed by atoms with van der Waals surface area (Å²) in [6.45, 7) is 3.69. The summed E-state index contributed by atoms with van der Waals surface area (Å²) in [7, 11) is 0. The minimum Gasteiger partial charge on any atom is -0.381 e. The molecule has 3 heterocycles. The molecule has 0 aromatic heterocycles. The lowest BCUT2D eigenvalue weighted by molar-refractivity contribution is -0.128. The molecule has 3 atom stereocenters. The van der Waals surface area contributed by atoms with Crippen molar-refractivity contribution in [2.24, 2.45) is 5.92 Å². The van der Waals surface area contributed by atoms with Crippen LogP contribution in [0.15, 0.2) is 0 Å². The van der Waals surface area contributed by atoms with Crippen molar-refractivity contribution in [3.63, 3.8) is 0 Å². The Morgan fingerprint density at radius 3 is 2.71 bits per heavy atom. The number of nitrogens with one attached hydrogen (secondary N) is 2. The van der Waals surface area contributed by atoms with Gasteiger partial charge in [-0.15, -0.1) is 0 Å². The molecule has 3 fully saturated rings. The van der Waals surface area contributed by atoms with Gasteiger partial charge in [-0.25, -0.2) is 0 Å².